The summed E-state index contributed by atoms with van der Waals surface area (Å²) in [6.07, 6.45) is 1.81. The zero-order valence-corrected chi connectivity index (χ0v) is 11.9. The van der Waals surface area contributed by atoms with Gasteiger partial charge in [-0.1, -0.05) is 29.8 Å². The van der Waals surface area contributed by atoms with Crippen LogP contribution in [0.4, 0.5) is 0 Å². The molecule has 1 amide bonds. The predicted octanol–water partition coefficient (Wildman–Crippen LogP) is 3.15. The molecule has 19 heavy (non-hydrogen) atoms. The van der Waals surface area contributed by atoms with Gasteiger partial charge in [-0.2, -0.15) is 0 Å². The fourth-order valence-electron chi connectivity index (χ4n) is 2.57. The summed E-state index contributed by atoms with van der Waals surface area (Å²) < 4.78 is 1.02. The molecule has 0 saturated carbocycles. The number of halogens is 1. The number of carbonyl (C=O) groups is 1. The van der Waals surface area contributed by atoms with Crippen molar-refractivity contribution in [2.24, 2.45) is 0 Å². The first-order valence-electron chi connectivity index (χ1n) is 6.31. The highest BCUT2D eigenvalue weighted by Crippen LogP contribution is 2.36. The fraction of sp³-hybridized carbons (Fsp3) is 0.357. The molecular weight excluding hydrogens is 282 g/mol. The second-order valence-electron chi connectivity index (χ2n) is 4.72. The van der Waals surface area contributed by atoms with E-state index in [0.29, 0.717) is 16.4 Å². The standard InChI is InChI=1S/C14H14ClNO2S/c15-12-10-5-1-2-6-11(10)19-13(12)14(18)16-7-3-4-9(16)8-17/h1-2,5-6,9,17H,3-4,7-8H2. The van der Waals surface area contributed by atoms with Crippen LogP contribution in [-0.2, 0) is 0 Å². The quantitative estimate of drug-likeness (QED) is 0.924. The third kappa shape index (κ3) is 2.14. The number of likely N-dealkylation sites (tertiary alicyclic amines) is 1. The predicted molar refractivity (Wildman–Crippen MR) is 78.0 cm³/mol. The lowest BCUT2D eigenvalue weighted by molar-refractivity contribution is 0.0682. The molecule has 1 aromatic heterocycles. The minimum atomic E-state index is -0.0613. The van der Waals surface area contributed by atoms with Gasteiger partial charge in [0.05, 0.1) is 17.7 Å². The van der Waals surface area contributed by atoms with E-state index in [1.807, 2.05) is 24.3 Å². The van der Waals surface area contributed by atoms with Crippen molar-refractivity contribution in [2.75, 3.05) is 13.2 Å². The Hall–Kier alpha value is -1.10. The van der Waals surface area contributed by atoms with Gasteiger partial charge < -0.3 is 10.0 Å². The molecule has 0 spiro atoms. The number of thiophene rings is 1. The van der Waals surface area contributed by atoms with Crippen molar-refractivity contribution in [3.05, 3.63) is 34.2 Å². The van der Waals surface area contributed by atoms with Gasteiger partial charge in [-0.25, -0.2) is 0 Å². The Kier molecular flexibility index (Phi) is 3.48. The van der Waals surface area contributed by atoms with Gasteiger partial charge in [0.25, 0.3) is 5.91 Å². The van der Waals surface area contributed by atoms with Crippen molar-refractivity contribution < 1.29 is 9.90 Å². The summed E-state index contributed by atoms with van der Waals surface area (Å²) >= 11 is 7.75. The summed E-state index contributed by atoms with van der Waals surface area (Å²) in [5.41, 5.74) is 0. The molecule has 1 atom stereocenters. The maximum Gasteiger partial charge on any atom is 0.265 e. The van der Waals surface area contributed by atoms with Gasteiger partial charge in [0.15, 0.2) is 0 Å². The lowest BCUT2D eigenvalue weighted by Gasteiger charge is -2.22. The average Bonchev–Trinajstić information content (AvgIpc) is 3.03. The van der Waals surface area contributed by atoms with E-state index >= 15 is 0 Å². The second-order valence-corrected chi connectivity index (χ2v) is 6.15. The summed E-state index contributed by atoms with van der Waals surface area (Å²) in [5.74, 6) is -0.0530. The van der Waals surface area contributed by atoms with Gasteiger partial charge >= 0.3 is 0 Å². The molecule has 3 nitrogen and oxygen atoms in total. The van der Waals surface area contributed by atoms with E-state index in [0.717, 1.165) is 22.9 Å². The highest BCUT2D eigenvalue weighted by Gasteiger charge is 2.31. The van der Waals surface area contributed by atoms with Crippen LogP contribution in [0.3, 0.4) is 0 Å². The Labute approximate surface area is 120 Å². The van der Waals surface area contributed by atoms with Gasteiger partial charge in [-0.05, 0) is 18.9 Å². The van der Waals surface area contributed by atoms with Crippen LogP contribution in [-0.4, -0.2) is 35.1 Å². The normalized spacial score (nSPS) is 19.3. The first-order valence-corrected chi connectivity index (χ1v) is 7.50. The largest absolute Gasteiger partial charge is 0.394 e. The van der Waals surface area contributed by atoms with E-state index < -0.39 is 0 Å². The fourth-order valence-corrected chi connectivity index (χ4v) is 4.04. The molecule has 0 bridgehead atoms. The number of hydrogen-bond acceptors (Lipinski definition) is 3. The maximum atomic E-state index is 12.5. The molecule has 1 saturated heterocycles. The SMILES string of the molecule is O=C(c1sc2ccccc2c1Cl)N1CCCC1CO. The first-order chi connectivity index (χ1) is 9.22. The van der Waals surface area contributed by atoms with Crippen LogP contribution in [0.1, 0.15) is 22.5 Å². The molecular formula is C14H14ClNO2S. The highest BCUT2D eigenvalue weighted by molar-refractivity contribution is 7.21. The van der Waals surface area contributed by atoms with Gasteiger partial charge in [0.1, 0.15) is 4.88 Å². The number of aliphatic hydroxyl groups excluding tert-OH is 1. The summed E-state index contributed by atoms with van der Waals surface area (Å²) in [7, 11) is 0. The molecule has 1 aliphatic rings. The van der Waals surface area contributed by atoms with Crippen molar-refractivity contribution in [2.45, 2.75) is 18.9 Å². The molecule has 0 aliphatic carbocycles. The third-order valence-electron chi connectivity index (χ3n) is 3.58. The minimum absolute atomic E-state index is 0.0221. The van der Waals surface area contributed by atoms with Crippen LogP contribution >= 0.6 is 22.9 Å². The van der Waals surface area contributed by atoms with E-state index in [4.69, 9.17) is 11.6 Å². The number of rotatable bonds is 2. The topological polar surface area (TPSA) is 40.5 Å². The van der Waals surface area contributed by atoms with Crippen LogP contribution in [0.5, 0.6) is 0 Å². The number of carbonyl (C=O) groups excluding carboxylic acids is 1. The summed E-state index contributed by atoms with van der Waals surface area (Å²) in [6.45, 7) is 0.725. The number of amides is 1. The molecule has 1 aromatic carbocycles. The van der Waals surface area contributed by atoms with Crippen molar-refractivity contribution in [1.29, 1.82) is 0 Å². The Bertz CT molecular complexity index is 625. The van der Waals surface area contributed by atoms with E-state index in [9.17, 15) is 9.90 Å². The van der Waals surface area contributed by atoms with E-state index in [1.54, 1.807) is 4.90 Å². The Morgan fingerprint density at radius 2 is 2.26 bits per heavy atom. The Morgan fingerprint density at radius 1 is 1.47 bits per heavy atom. The molecule has 2 aromatic rings. The lowest BCUT2D eigenvalue weighted by atomic mass is 10.2. The van der Waals surface area contributed by atoms with Crippen LogP contribution in [0, 0.1) is 0 Å². The molecule has 3 rings (SSSR count). The zero-order valence-electron chi connectivity index (χ0n) is 10.3. The molecule has 100 valence electrons. The lowest BCUT2D eigenvalue weighted by Crippen LogP contribution is -2.37. The molecule has 1 N–H and O–H groups in total. The second kappa shape index (κ2) is 5.12. The maximum absolute atomic E-state index is 12.5. The monoisotopic (exact) mass is 295 g/mol. The van der Waals surface area contributed by atoms with Crippen molar-refractivity contribution in [3.63, 3.8) is 0 Å². The molecule has 2 heterocycles. The van der Waals surface area contributed by atoms with Gasteiger partial charge in [0, 0.05) is 16.6 Å². The number of nitrogens with zero attached hydrogens (tertiary/aromatic N) is 1. The molecule has 5 heteroatoms. The smallest absolute Gasteiger partial charge is 0.265 e. The van der Waals surface area contributed by atoms with Crippen molar-refractivity contribution in [3.8, 4) is 0 Å². The minimum Gasteiger partial charge on any atom is -0.394 e. The van der Waals surface area contributed by atoms with Crippen LogP contribution in [0.15, 0.2) is 24.3 Å². The van der Waals surface area contributed by atoms with Gasteiger partial charge in [0.2, 0.25) is 0 Å². The average molecular weight is 296 g/mol. The van der Waals surface area contributed by atoms with E-state index in [2.05, 4.69) is 0 Å². The number of fused-ring (bicyclic) bond motifs is 1. The van der Waals surface area contributed by atoms with Crippen LogP contribution in [0.25, 0.3) is 10.1 Å². The first kappa shape index (κ1) is 12.9. The molecule has 1 unspecified atom stereocenters. The molecule has 0 radical (unpaired) electrons. The number of hydrogen-bond donors (Lipinski definition) is 1. The Morgan fingerprint density at radius 3 is 3.00 bits per heavy atom. The van der Waals surface area contributed by atoms with Crippen molar-refractivity contribution in [1.82, 2.24) is 4.90 Å². The van der Waals surface area contributed by atoms with E-state index in [-0.39, 0.29) is 18.6 Å². The van der Waals surface area contributed by atoms with E-state index in [1.165, 1.54) is 11.3 Å². The highest BCUT2D eigenvalue weighted by atomic mass is 35.5. The van der Waals surface area contributed by atoms with Crippen LogP contribution in [0.2, 0.25) is 5.02 Å². The number of benzene rings is 1. The summed E-state index contributed by atoms with van der Waals surface area (Å²) in [6, 6.07) is 7.69. The van der Waals surface area contributed by atoms with Crippen LogP contribution < -0.4 is 0 Å². The third-order valence-corrected chi connectivity index (χ3v) is 5.24. The van der Waals surface area contributed by atoms with Gasteiger partial charge in [-0.3, -0.25) is 4.79 Å². The molecule has 1 fully saturated rings. The van der Waals surface area contributed by atoms with Gasteiger partial charge in [-0.15, -0.1) is 11.3 Å². The summed E-state index contributed by atoms with van der Waals surface area (Å²) in [5, 5.41) is 10.8. The summed E-state index contributed by atoms with van der Waals surface area (Å²) in [4.78, 5) is 14.9. The molecule has 1 aliphatic heterocycles. The Balaban J connectivity index is 2.00. The number of aliphatic hydroxyl groups is 1. The van der Waals surface area contributed by atoms with Crippen molar-refractivity contribution >= 4 is 38.9 Å². The zero-order chi connectivity index (χ0) is 13.4.